The molecule has 3 heterocycles. The summed E-state index contributed by atoms with van der Waals surface area (Å²) < 4.78 is 16.7. The van der Waals surface area contributed by atoms with Crippen LogP contribution in [0.3, 0.4) is 0 Å². The van der Waals surface area contributed by atoms with E-state index < -0.39 is 5.82 Å². The molecule has 0 amide bonds. The molecule has 0 unspecified atom stereocenters. The second-order valence-electron chi connectivity index (χ2n) is 5.37. The standard InChI is InChI=1S/C16H11FN4O2S/c1-20-13-3-2-9(17)6-11(13)19-12(15(20)22)7-21-8-18-10-4-5-24-14(10)16(21)23/h2-6,8H,7H2,1H3. The van der Waals surface area contributed by atoms with E-state index in [0.717, 1.165) is 0 Å². The fourth-order valence-corrected chi connectivity index (χ4v) is 3.41. The zero-order valence-corrected chi connectivity index (χ0v) is 13.4. The summed E-state index contributed by atoms with van der Waals surface area (Å²) in [5, 5.41) is 1.79. The maximum absolute atomic E-state index is 13.4. The fraction of sp³-hybridized carbons (Fsp3) is 0.125. The lowest BCUT2D eigenvalue weighted by Crippen LogP contribution is -2.28. The molecule has 0 fully saturated rings. The van der Waals surface area contributed by atoms with Gasteiger partial charge in [-0.2, -0.15) is 0 Å². The van der Waals surface area contributed by atoms with Crippen LogP contribution < -0.4 is 11.1 Å². The normalized spacial score (nSPS) is 11.4. The number of rotatable bonds is 2. The number of halogens is 1. The Labute approximate surface area is 138 Å². The van der Waals surface area contributed by atoms with Gasteiger partial charge < -0.3 is 4.57 Å². The molecule has 8 heteroatoms. The highest BCUT2D eigenvalue weighted by molar-refractivity contribution is 7.17. The summed E-state index contributed by atoms with van der Waals surface area (Å²) in [7, 11) is 1.59. The van der Waals surface area contributed by atoms with Crippen molar-refractivity contribution in [3.8, 4) is 0 Å². The molecule has 0 bridgehead atoms. The van der Waals surface area contributed by atoms with Gasteiger partial charge in [0.2, 0.25) is 0 Å². The number of aromatic nitrogens is 4. The number of aryl methyl sites for hydroxylation is 1. The number of nitrogens with zero attached hydrogens (tertiary/aromatic N) is 4. The zero-order chi connectivity index (χ0) is 16.8. The van der Waals surface area contributed by atoms with Gasteiger partial charge in [-0.05, 0) is 23.6 Å². The highest BCUT2D eigenvalue weighted by Gasteiger charge is 2.12. The van der Waals surface area contributed by atoms with E-state index in [9.17, 15) is 14.0 Å². The van der Waals surface area contributed by atoms with Crippen LogP contribution in [0.25, 0.3) is 21.3 Å². The second kappa shape index (κ2) is 5.34. The summed E-state index contributed by atoms with van der Waals surface area (Å²) >= 11 is 1.30. The van der Waals surface area contributed by atoms with Crippen LogP contribution in [0.4, 0.5) is 4.39 Å². The van der Waals surface area contributed by atoms with Gasteiger partial charge in [0.1, 0.15) is 16.2 Å². The molecule has 0 aliphatic heterocycles. The molecule has 24 heavy (non-hydrogen) atoms. The Balaban J connectivity index is 1.89. The maximum Gasteiger partial charge on any atom is 0.274 e. The van der Waals surface area contributed by atoms with E-state index in [-0.39, 0.29) is 23.4 Å². The molecule has 120 valence electrons. The summed E-state index contributed by atoms with van der Waals surface area (Å²) in [5.74, 6) is -0.432. The van der Waals surface area contributed by atoms with Gasteiger partial charge in [-0.25, -0.2) is 14.4 Å². The van der Waals surface area contributed by atoms with Gasteiger partial charge in [-0.15, -0.1) is 11.3 Å². The Bertz CT molecular complexity index is 1210. The van der Waals surface area contributed by atoms with Crippen LogP contribution in [0.2, 0.25) is 0 Å². The predicted molar refractivity (Wildman–Crippen MR) is 89.9 cm³/mol. The third-order valence-corrected chi connectivity index (χ3v) is 4.75. The van der Waals surface area contributed by atoms with Crippen LogP contribution in [0.5, 0.6) is 0 Å². The van der Waals surface area contributed by atoms with Gasteiger partial charge in [0, 0.05) is 13.1 Å². The average Bonchev–Trinajstić information content (AvgIpc) is 3.04. The van der Waals surface area contributed by atoms with Gasteiger partial charge in [0.15, 0.2) is 0 Å². The summed E-state index contributed by atoms with van der Waals surface area (Å²) in [6.07, 6.45) is 1.40. The van der Waals surface area contributed by atoms with Crippen LogP contribution in [0.15, 0.2) is 45.6 Å². The highest BCUT2D eigenvalue weighted by atomic mass is 32.1. The number of hydrogen-bond donors (Lipinski definition) is 0. The smallest absolute Gasteiger partial charge is 0.274 e. The Morgan fingerprint density at radius 1 is 1.17 bits per heavy atom. The molecule has 0 radical (unpaired) electrons. The van der Waals surface area contributed by atoms with E-state index in [1.165, 1.54) is 45.0 Å². The first-order valence-electron chi connectivity index (χ1n) is 7.12. The average molecular weight is 342 g/mol. The molecular formula is C16H11FN4O2S. The first-order chi connectivity index (χ1) is 11.5. The summed E-state index contributed by atoms with van der Waals surface area (Å²) in [5.41, 5.74) is 1.14. The minimum absolute atomic E-state index is 0.0151. The van der Waals surface area contributed by atoms with Crippen LogP contribution in [-0.4, -0.2) is 19.1 Å². The molecule has 3 aromatic heterocycles. The SMILES string of the molecule is Cn1c(=O)c(Cn2cnc3ccsc3c2=O)nc2cc(F)ccc21. The van der Waals surface area contributed by atoms with E-state index in [1.807, 2.05) is 0 Å². The molecule has 0 atom stereocenters. The lowest BCUT2D eigenvalue weighted by molar-refractivity contribution is 0.628. The third kappa shape index (κ3) is 2.23. The summed E-state index contributed by atoms with van der Waals surface area (Å²) in [4.78, 5) is 33.4. The molecule has 0 saturated heterocycles. The molecule has 0 saturated carbocycles. The van der Waals surface area contributed by atoms with E-state index in [4.69, 9.17) is 0 Å². The lowest BCUT2D eigenvalue weighted by atomic mass is 10.2. The number of hydrogen-bond acceptors (Lipinski definition) is 5. The fourth-order valence-electron chi connectivity index (χ4n) is 2.62. The lowest BCUT2D eigenvalue weighted by Gasteiger charge is -2.09. The monoisotopic (exact) mass is 342 g/mol. The van der Waals surface area contributed by atoms with E-state index >= 15 is 0 Å². The molecule has 0 spiro atoms. The Kier molecular flexibility index (Phi) is 3.27. The van der Waals surface area contributed by atoms with Crippen molar-refractivity contribution < 1.29 is 4.39 Å². The minimum Gasteiger partial charge on any atom is -0.308 e. The molecule has 1 aromatic carbocycles. The summed E-state index contributed by atoms with van der Waals surface area (Å²) in [6.45, 7) is -0.0151. The molecule has 0 N–H and O–H groups in total. The van der Waals surface area contributed by atoms with Crippen molar-refractivity contribution in [1.82, 2.24) is 19.1 Å². The predicted octanol–water partition coefficient (Wildman–Crippen LogP) is 1.89. The van der Waals surface area contributed by atoms with Crippen molar-refractivity contribution in [3.05, 3.63) is 68.2 Å². The number of benzene rings is 1. The third-order valence-electron chi connectivity index (χ3n) is 3.86. The topological polar surface area (TPSA) is 69.8 Å². The Morgan fingerprint density at radius 2 is 2.00 bits per heavy atom. The van der Waals surface area contributed by atoms with Gasteiger partial charge in [0.05, 0.1) is 29.4 Å². The van der Waals surface area contributed by atoms with E-state index in [2.05, 4.69) is 9.97 Å². The molecule has 0 aliphatic carbocycles. The first-order valence-corrected chi connectivity index (χ1v) is 8.00. The Hall–Kier alpha value is -2.87. The second-order valence-corrected chi connectivity index (χ2v) is 6.28. The van der Waals surface area contributed by atoms with Crippen molar-refractivity contribution in [1.29, 1.82) is 0 Å². The van der Waals surface area contributed by atoms with Gasteiger partial charge in [0.25, 0.3) is 11.1 Å². The van der Waals surface area contributed by atoms with Crippen LogP contribution >= 0.6 is 11.3 Å². The largest absolute Gasteiger partial charge is 0.308 e. The summed E-state index contributed by atoms with van der Waals surface area (Å²) in [6, 6.07) is 5.82. The van der Waals surface area contributed by atoms with Gasteiger partial charge >= 0.3 is 0 Å². The Morgan fingerprint density at radius 3 is 2.83 bits per heavy atom. The molecular weight excluding hydrogens is 331 g/mol. The zero-order valence-electron chi connectivity index (χ0n) is 12.6. The van der Waals surface area contributed by atoms with Crippen molar-refractivity contribution >= 4 is 32.6 Å². The van der Waals surface area contributed by atoms with Crippen LogP contribution in [0.1, 0.15) is 5.69 Å². The molecule has 6 nitrogen and oxygen atoms in total. The highest BCUT2D eigenvalue weighted by Crippen LogP contribution is 2.14. The number of thiophene rings is 1. The maximum atomic E-state index is 13.4. The van der Waals surface area contributed by atoms with Gasteiger partial charge in [-0.1, -0.05) is 0 Å². The van der Waals surface area contributed by atoms with Crippen molar-refractivity contribution in [2.75, 3.05) is 0 Å². The van der Waals surface area contributed by atoms with Crippen LogP contribution in [-0.2, 0) is 13.6 Å². The molecule has 4 aromatic rings. The molecule has 0 aliphatic rings. The van der Waals surface area contributed by atoms with Crippen molar-refractivity contribution in [3.63, 3.8) is 0 Å². The van der Waals surface area contributed by atoms with Gasteiger partial charge in [-0.3, -0.25) is 14.2 Å². The molecule has 4 rings (SSSR count). The number of fused-ring (bicyclic) bond motifs is 2. The minimum atomic E-state index is -0.432. The van der Waals surface area contributed by atoms with Crippen LogP contribution in [0, 0.1) is 5.82 Å². The van der Waals surface area contributed by atoms with E-state index in [0.29, 0.717) is 21.3 Å². The van der Waals surface area contributed by atoms with Crippen molar-refractivity contribution in [2.45, 2.75) is 6.54 Å². The van der Waals surface area contributed by atoms with E-state index in [1.54, 1.807) is 18.5 Å². The van der Waals surface area contributed by atoms with Crippen molar-refractivity contribution in [2.24, 2.45) is 7.05 Å². The quantitative estimate of drug-likeness (QED) is 0.558. The first kappa shape index (κ1) is 14.7.